The summed E-state index contributed by atoms with van der Waals surface area (Å²) in [6.07, 6.45) is -7.73. The number of carboxylic acid groups (broad SMARTS) is 1. The van der Waals surface area contributed by atoms with E-state index in [4.69, 9.17) is 0 Å². The maximum Gasteiger partial charge on any atom is 0.416 e. The van der Waals surface area contributed by atoms with Gasteiger partial charge in [-0.1, -0.05) is 39.8 Å². The Morgan fingerprint density at radius 1 is 1.03 bits per heavy atom. The number of aliphatic carboxylic acids is 1. The van der Waals surface area contributed by atoms with Gasteiger partial charge in [0.15, 0.2) is 0 Å². The number of halogens is 6. The molecule has 0 aromatic heterocycles. The van der Waals surface area contributed by atoms with Crippen LogP contribution in [0.15, 0.2) is 24.3 Å². The second kappa shape index (κ2) is 10.9. The molecule has 1 N–H and O–H groups in total. The predicted octanol–water partition coefficient (Wildman–Crippen LogP) is 7.72. The summed E-state index contributed by atoms with van der Waals surface area (Å²) < 4.78 is 78.5. The Bertz CT molecular complexity index is 780. The number of rotatable bonds is 8. The average Bonchev–Trinajstić information content (AvgIpc) is 2.71. The molecule has 1 fully saturated rings. The van der Waals surface area contributed by atoms with Crippen LogP contribution in [0.25, 0.3) is 0 Å². The van der Waals surface area contributed by atoms with Crippen LogP contribution in [0.4, 0.5) is 26.3 Å². The maximum atomic E-state index is 13.1. The third-order valence-electron chi connectivity index (χ3n) is 6.86. The summed E-state index contributed by atoms with van der Waals surface area (Å²) in [7, 11) is 0. The minimum atomic E-state index is -4.49. The predicted molar refractivity (Wildman–Crippen MR) is 118 cm³/mol. The van der Waals surface area contributed by atoms with Crippen molar-refractivity contribution in [2.75, 3.05) is 6.54 Å². The first-order valence-corrected chi connectivity index (χ1v) is 11.7. The summed E-state index contributed by atoms with van der Waals surface area (Å²) in [5.41, 5.74) is -0.310. The summed E-state index contributed by atoms with van der Waals surface area (Å²) in [6.45, 7) is 8.06. The van der Waals surface area contributed by atoms with E-state index in [0.29, 0.717) is 37.8 Å². The van der Waals surface area contributed by atoms with Crippen LogP contribution in [-0.4, -0.2) is 34.7 Å². The van der Waals surface area contributed by atoms with E-state index in [-0.39, 0.29) is 17.8 Å². The van der Waals surface area contributed by atoms with Crippen molar-refractivity contribution in [2.45, 2.75) is 90.7 Å². The summed E-state index contributed by atoms with van der Waals surface area (Å²) in [5.74, 6) is -1.82. The van der Waals surface area contributed by atoms with Crippen molar-refractivity contribution in [1.29, 1.82) is 0 Å². The Balaban J connectivity index is 2.39. The summed E-state index contributed by atoms with van der Waals surface area (Å²) in [6, 6.07) is 3.86. The topological polar surface area (TPSA) is 40.5 Å². The molecular weight excluding hydrogens is 460 g/mol. The van der Waals surface area contributed by atoms with Gasteiger partial charge < -0.3 is 5.11 Å². The number of likely N-dealkylation sites (tertiary alicyclic amines) is 1. The lowest BCUT2D eigenvalue weighted by atomic mass is 9.78. The zero-order chi connectivity index (χ0) is 25.9. The van der Waals surface area contributed by atoms with Gasteiger partial charge in [0.25, 0.3) is 0 Å². The molecule has 0 amide bonds. The highest BCUT2D eigenvalue weighted by molar-refractivity contribution is 5.69. The van der Waals surface area contributed by atoms with Crippen molar-refractivity contribution in [3.63, 3.8) is 0 Å². The average molecular weight is 496 g/mol. The van der Waals surface area contributed by atoms with E-state index >= 15 is 0 Å². The van der Waals surface area contributed by atoms with Crippen molar-refractivity contribution in [3.05, 3.63) is 35.4 Å². The molecule has 0 radical (unpaired) electrons. The van der Waals surface area contributed by atoms with E-state index < -0.39 is 48.3 Å². The molecule has 1 heterocycles. The van der Waals surface area contributed by atoms with Crippen LogP contribution in [0.5, 0.6) is 0 Å². The molecule has 0 aliphatic carbocycles. The number of alkyl halides is 6. The third-order valence-corrected chi connectivity index (χ3v) is 6.86. The molecule has 1 saturated heterocycles. The molecule has 1 aromatic carbocycles. The number of nitrogens with zero attached hydrogens (tertiary/aromatic N) is 1. The Labute approximate surface area is 197 Å². The van der Waals surface area contributed by atoms with Gasteiger partial charge in [-0.3, -0.25) is 9.69 Å². The molecule has 1 aliphatic heterocycles. The lowest BCUT2D eigenvalue weighted by Gasteiger charge is -2.46. The van der Waals surface area contributed by atoms with Crippen LogP contribution in [-0.2, 0) is 11.0 Å². The molecule has 4 atom stereocenters. The summed E-state index contributed by atoms with van der Waals surface area (Å²) in [4.78, 5) is 13.6. The van der Waals surface area contributed by atoms with Gasteiger partial charge in [-0.05, 0) is 67.7 Å². The van der Waals surface area contributed by atoms with E-state index in [1.807, 2.05) is 25.7 Å². The second-order valence-corrected chi connectivity index (χ2v) is 10.7. The minimum absolute atomic E-state index is 0.0868. The molecule has 9 heteroatoms. The lowest BCUT2D eigenvalue weighted by Crippen LogP contribution is -2.46. The first-order chi connectivity index (χ1) is 15.5. The van der Waals surface area contributed by atoms with E-state index in [1.165, 1.54) is 12.1 Å². The molecule has 34 heavy (non-hydrogen) atoms. The van der Waals surface area contributed by atoms with Crippen LogP contribution < -0.4 is 0 Å². The fraction of sp³-hybridized carbons (Fsp3) is 0.720. The largest absolute Gasteiger partial charge is 0.481 e. The molecule has 3 nitrogen and oxygen atoms in total. The molecule has 0 saturated carbocycles. The van der Waals surface area contributed by atoms with Crippen LogP contribution in [0, 0.1) is 17.3 Å². The van der Waals surface area contributed by atoms with Gasteiger partial charge >= 0.3 is 18.3 Å². The zero-order valence-corrected chi connectivity index (χ0v) is 20.1. The van der Waals surface area contributed by atoms with Gasteiger partial charge in [-0.25, -0.2) is 0 Å². The number of benzene rings is 1. The zero-order valence-electron chi connectivity index (χ0n) is 20.1. The van der Waals surface area contributed by atoms with E-state index in [2.05, 4.69) is 0 Å². The third kappa shape index (κ3) is 8.47. The van der Waals surface area contributed by atoms with Gasteiger partial charge in [0.1, 0.15) is 0 Å². The van der Waals surface area contributed by atoms with Crippen molar-refractivity contribution >= 4 is 5.97 Å². The highest BCUT2D eigenvalue weighted by Crippen LogP contribution is 2.42. The highest BCUT2D eigenvalue weighted by atomic mass is 19.4. The number of carboxylic acids is 1. The van der Waals surface area contributed by atoms with Gasteiger partial charge in [-0.2, -0.15) is 26.3 Å². The summed E-state index contributed by atoms with van der Waals surface area (Å²) >= 11 is 0. The first kappa shape index (κ1) is 28.5. The highest BCUT2D eigenvalue weighted by Gasteiger charge is 2.39. The number of hydrogen-bond acceptors (Lipinski definition) is 2. The number of hydrogen-bond donors (Lipinski definition) is 1. The van der Waals surface area contributed by atoms with E-state index in [0.717, 1.165) is 12.1 Å². The molecule has 1 unspecified atom stereocenters. The normalized spacial score (nSPS) is 22.4. The summed E-state index contributed by atoms with van der Waals surface area (Å²) in [5, 5.41) is 9.48. The number of carbonyl (C=O) groups is 1. The smallest absolute Gasteiger partial charge is 0.416 e. The lowest BCUT2D eigenvalue weighted by molar-refractivity contribution is -0.145. The fourth-order valence-electron chi connectivity index (χ4n) is 4.73. The van der Waals surface area contributed by atoms with Gasteiger partial charge in [0.05, 0.1) is 11.5 Å². The Hall–Kier alpha value is -1.77. The molecule has 194 valence electrons. The SMILES string of the molecule is CC(C(=O)O)[C@@H]1CCN([C@H](CCC(C)(C)C)CCC(F)(F)F)[C@H](c2ccc(C(F)(F)F)cc2)C1. The Morgan fingerprint density at radius 2 is 1.59 bits per heavy atom. The van der Waals surface area contributed by atoms with Crippen LogP contribution in [0.3, 0.4) is 0 Å². The van der Waals surface area contributed by atoms with Crippen LogP contribution in [0.2, 0.25) is 0 Å². The monoisotopic (exact) mass is 495 g/mol. The van der Waals surface area contributed by atoms with Gasteiger partial charge in [0, 0.05) is 18.5 Å². The molecule has 1 aromatic rings. The van der Waals surface area contributed by atoms with Crippen LogP contribution >= 0.6 is 0 Å². The number of piperidine rings is 1. The standard InChI is InChI=1S/C25H35F6NO2/c1-16(22(33)34)18-11-14-32(20(9-12-23(2,3)4)10-13-24(26,27)28)21(15-18)17-5-7-19(8-6-17)25(29,30)31/h5-8,16,18,20-21H,9-15H2,1-4H3,(H,33,34)/t16?,18-,20-,21+/m1/s1. The minimum Gasteiger partial charge on any atom is -0.481 e. The molecule has 0 spiro atoms. The molecular formula is C25H35F6NO2. The van der Waals surface area contributed by atoms with Crippen molar-refractivity contribution < 1.29 is 36.2 Å². The van der Waals surface area contributed by atoms with E-state index in [1.54, 1.807) is 6.92 Å². The van der Waals surface area contributed by atoms with Crippen molar-refractivity contribution in [3.8, 4) is 0 Å². The second-order valence-electron chi connectivity index (χ2n) is 10.7. The van der Waals surface area contributed by atoms with Crippen LogP contribution in [0.1, 0.15) is 83.4 Å². The quantitative estimate of drug-likeness (QED) is 0.376. The van der Waals surface area contributed by atoms with Gasteiger partial charge in [-0.15, -0.1) is 0 Å². The molecule has 1 aliphatic rings. The maximum absolute atomic E-state index is 13.1. The Kier molecular flexibility index (Phi) is 9.10. The first-order valence-electron chi connectivity index (χ1n) is 11.7. The van der Waals surface area contributed by atoms with Gasteiger partial charge in [0.2, 0.25) is 0 Å². The molecule has 0 bridgehead atoms. The Morgan fingerprint density at radius 3 is 2.06 bits per heavy atom. The fourth-order valence-corrected chi connectivity index (χ4v) is 4.73. The van der Waals surface area contributed by atoms with E-state index in [9.17, 15) is 36.2 Å². The molecule has 2 rings (SSSR count). The van der Waals surface area contributed by atoms with Crippen molar-refractivity contribution in [1.82, 2.24) is 4.90 Å². The van der Waals surface area contributed by atoms with Crippen molar-refractivity contribution in [2.24, 2.45) is 17.3 Å².